The lowest BCUT2D eigenvalue weighted by Gasteiger charge is -2.25. The van der Waals surface area contributed by atoms with Crippen molar-refractivity contribution in [2.45, 2.75) is 33.7 Å². The van der Waals surface area contributed by atoms with Crippen molar-refractivity contribution < 1.29 is 9.59 Å². The third-order valence-corrected chi connectivity index (χ3v) is 3.59. The maximum absolute atomic E-state index is 11.8. The van der Waals surface area contributed by atoms with Crippen LogP contribution in [0.25, 0.3) is 0 Å². The van der Waals surface area contributed by atoms with E-state index in [1.54, 1.807) is 6.07 Å². The molecule has 1 atom stereocenters. The number of amides is 2. The first-order chi connectivity index (χ1) is 9.61. The predicted octanol–water partition coefficient (Wildman–Crippen LogP) is 2.61. The van der Waals surface area contributed by atoms with Gasteiger partial charge in [-0.3, -0.25) is 9.59 Å². The molecule has 4 N–H and O–H groups in total. The molecule has 1 rings (SSSR count). The van der Waals surface area contributed by atoms with E-state index in [4.69, 9.17) is 5.73 Å². The molecule has 1 aromatic rings. The Labute approximate surface area is 145 Å². The van der Waals surface area contributed by atoms with Crippen LogP contribution in [0.1, 0.15) is 26.3 Å². The molecule has 2 amide bonds. The first-order valence-electron chi connectivity index (χ1n) is 6.70. The van der Waals surface area contributed by atoms with Gasteiger partial charge in [0.2, 0.25) is 11.8 Å². The van der Waals surface area contributed by atoms with E-state index in [9.17, 15) is 9.59 Å². The summed E-state index contributed by atoms with van der Waals surface area (Å²) >= 11 is 3.36. The summed E-state index contributed by atoms with van der Waals surface area (Å²) in [5.74, 6) is -0.611. The Hall–Kier alpha value is -1.11. The molecule has 0 bridgehead atoms. The summed E-state index contributed by atoms with van der Waals surface area (Å²) in [6, 6.07) is 4.90. The topological polar surface area (TPSA) is 84.2 Å². The van der Waals surface area contributed by atoms with Crippen molar-refractivity contribution in [2.75, 3.05) is 11.9 Å². The van der Waals surface area contributed by atoms with Crippen LogP contribution in [0.4, 0.5) is 5.69 Å². The zero-order chi connectivity index (χ0) is 16.2. The Morgan fingerprint density at radius 3 is 2.41 bits per heavy atom. The second-order valence-corrected chi connectivity index (χ2v) is 6.98. The van der Waals surface area contributed by atoms with Crippen molar-refractivity contribution in [1.82, 2.24) is 5.32 Å². The van der Waals surface area contributed by atoms with Crippen LogP contribution >= 0.6 is 28.3 Å². The lowest BCUT2D eigenvalue weighted by molar-refractivity contribution is -0.126. The minimum atomic E-state index is -0.653. The van der Waals surface area contributed by atoms with E-state index >= 15 is 0 Å². The fourth-order valence-electron chi connectivity index (χ4n) is 1.63. The molecule has 7 heteroatoms. The monoisotopic (exact) mass is 391 g/mol. The normalized spacial score (nSPS) is 12.1. The summed E-state index contributed by atoms with van der Waals surface area (Å²) in [6.07, 6.45) is 0. The molecule has 0 radical (unpaired) electrons. The summed E-state index contributed by atoms with van der Waals surface area (Å²) in [5, 5.41) is 5.31. The van der Waals surface area contributed by atoms with E-state index in [-0.39, 0.29) is 36.2 Å². The van der Waals surface area contributed by atoms with Crippen LogP contribution < -0.4 is 16.4 Å². The van der Waals surface area contributed by atoms with Gasteiger partial charge >= 0.3 is 0 Å². The highest BCUT2D eigenvalue weighted by molar-refractivity contribution is 9.10. The molecule has 5 nitrogen and oxygen atoms in total. The van der Waals surface area contributed by atoms with Crippen LogP contribution in [-0.4, -0.2) is 24.4 Å². The van der Waals surface area contributed by atoms with Gasteiger partial charge in [-0.05, 0) is 36.1 Å². The number of hydrogen-bond acceptors (Lipinski definition) is 3. The Morgan fingerprint density at radius 2 is 1.91 bits per heavy atom. The van der Waals surface area contributed by atoms with E-state index in [0.717, 1.165) is 15.7 Å². The van der Waals surface area contributed by atoms with Crippen LogP contribution in [0.2, 0.25) is 0 Å². The number of nitrogens with two attached hydrogens (primary N) is 1. The van der Waals surface area contributed by atoms with Gasteiger partial charge in [-0.2, -0.15) is 0 Å². The number of hydrogen-bond donors (Lipinski definition) is 3. The number of aryl methyl sites for hydroxylation is 1. The minimum Gasteiger partial charge on any atom is -0.346 e. The fourth-order valence-corrected chi connectivity index (χ4v) is 2.11. The average molecular weight is 393 g/mol. The molecule has 0 saturated heterocycles. The summed E-state index contributed by atoms with van der Waals surface area (Å²) in [5.41, 5.74) is 7.14. The van der Waals surface area contributed by atoms with E-state index in [0.29, 0.717) is 0 Å². The number of nitrogens with one attached hydrogen (secondary N) is 2. The van der Waals surface area contributed by atoms with Crippen molar-refractivity contribution in [3.63, 3.8) is 0 Å². The molecule has 124 valence electrons. The number of carbonyl (C=O) groups is 2. The summed E-state index contributed by atoms with van der Waals surface area (Å²) in [4.78, 5) is 23.7. The highest BCUT2D eigenvalue weighted by Gasteiger charge is 2.27. The van der Waals surface area contributed by atoms with Gasteiger partial charge in [-0.25, -0.2) is 0 Å². The number of rotatable bonds is 4. The van der Waals surface area contributed by atoms with Crippen LogP contribution in [0.15, 0.2) is 22.7 Å². The molecule has 0 aliphatic rings. The number of halogens is 2. The fraction of sp³-hybridized carbons (Fsp3) is 0.467. The van der Waals surface area contributed by atoms with Crippen molar-refractivity contribution in [3.05, 3.63) is 28.2 Å². The first kappa shape index (κ1) is 20.9. The maximum Gasteiger partial charge on any atom is 0.243 e. The molecule has 0 spiro atoms. The van der Waals surface area contributed by atoms with Crippen LogP contribution in [0.5, 0.6) is 0 Å². The number of anilines is 1. The van der Waals surface area contributed by atoms with Gasteiger partial charge in [0.15, 0.2) is 0 Å². The SMILES string of the molecule is Cc1cc(Br)ccc1NC(=O)CNC(=O)[C@@H](N)C(C)(C)C.Cl. The van der Waals surface area contributed by atoms with E-state index in [2.05, 4.69) is 26.6 Å². The van der Waals surface area contributed by atoms with Crippen molar-refractivity contribution in [2.24, 2.45) is 11.1 Å². The van der Waals surface area contributed by atoms with Crippen molar-refractivity contribution >= 4 is 45.8 Å². The van der Waals surface area contributed by atoms with E-state index in [1.807, 2.05) is 39.8 Å². The molecule has 0 heterocycles. The van der Waals surface area contributed by atoms with Crippen LogP contribution in [0.3, 0.4) is 0 Å². The van der Waals surface area contributed by atoms with E-state index in [1.165, 1.54) is 0 Å². The first-order valence-corrected chi connectivity index (χ1v) is 7.50. The van der Waals surface area contributed by atoms with Crippen molar-refractivity contribution in [1.29, 1.82) is 0 Å². The highest BCUT2D eigenvalue weighted by Crippen LogP contribution is 2.20. The minimum absolute atomic E-state index is 0. The van der Waals surface area contributed by atoms with Gasteiger partial charge in [0.05, 0.1) is 12.6 Å². The van der Waals surface area contributed by atoms with Crippen molar-refractivity contribution in [3.8, 4) is 0 Å². The lowest BCUT2D eigenvalue weighted by Crippen LogP contribution is -2.50. The molecule has 0 aliphatic carbocycles. The van der Waals surface area contributed by atoms with Gasteiger partial charge in [0.1, 0.15) is 0 Å². The van der Waals surface area contributed by atoms with Gasteiger partial charge in [0, 0.05) is 10.2 Å². The number of benzene rings is 1. The number of carbonyl (C=O) groups excluding carboxylic acids is 2. The Morgan fingerprint density at radius 1 is 1.32 bits per heavy atom. The zero-order valence-electron chi connectivity index (χ0n) is 13.2. The van der Waals surface area contributed by atoms with Gasteiger partial charge in [-0.1, -0.05) is 36.7 Å². The van der Waals surface area contributed by atoms with Gasteiger partial charge in [0.25, 0.3) is 0 Å². The zero-order valence-corrected chi connectivity index (χ0v) is 15.6. The molecule has 1 aromatic carbocycles. The third-order valence-electron chi connectivity index (χ3n) is 3.10. The van der Waals surface area contributed by atoms with E-state index < -0.39 is 6.04 Å². The molecular formula is C15H23BrClN3O2. The maximum atomic E-state index is 11.8. The molecule has 0 unspecified atom stereocenters. The molecule has 0 aromatic heterocycles. The summed E-state index contributed by atoms with van der Waals surface area (Å²) in [6.45, 7) is 7.43. The molecular weight excluding hydrogens is 370 g/mol. The summed E-state index contributed by atoms with van der Waals surface area (Å²) in [7, 11) is 0. The third kappa shape index (κ3) is 6.34. The lowest BCUT2D eigenvalue weighted by atomic mass is 9.87. The second kappa shape index (κ2) is 8.50. The van der Waals surface area contributed by atoms with Gasteiger partial charge < -0.3 is 16.4 Å². The smallest absolute Gasteiger partial charge is 0.243 e. The Balaban J connectivity index is 0.00000441. The Bertz CT molecular complexity index is 544. The highest BCUT2D eigenvalue weighted by atomic mass is 79.9. The molecule has 22 heavy (non-hydrogen) atoms. The second-order valence-electron chi connectivity index (χ2n) is 6.07. The quantitative estimate of drug-likeness (QED) is 0.736. The average Bonchev–Trinajstić information content (AvgIpc) is 2.37. The molecule has 0 aliphatic heterocycles. The standard InChI is InChI=1S/C15H22BrN3O2.ClH/c1-9-7-10(16)5-6-11(9)19-12(20)8-18-14(21)13(17)15(2,3)4;/h5-7,13H,8,17H2,1-4H3,(H,18,21)(H,19,20);1H/t13-;/m1./s1. The largest absolute Gasteiger partial charge is 0.346 e. The van der Waals surface area contributed by atoms with Crippen LogP contribution in [-0.2, 0) is 9.59 Å². The predicted molar refractivity (Wildman–Crippen MR) is 95.2 cm³/mol. The summed E-state index contributed by atoms with van der Waals surface area (Å²) < 4.78 is 0.947. The molecule has 0 fully saturated rings. The molecule has 0 saturated carbocycles. The van der Waals surface area contributed by atoms with Gasteiger partial charge in [-0.15, -0.1) is 12.4 Å². The Kier molecular flexibility index (Phi) is 8.07. The van der Waals surface area contributed by atoms with Crippen LogP contribution in [0, 0.1) is 12.3 Å².